The molecule has 1 atom stereocenters. The van der Waals surface area contributed by atoms with Gasteiger partial charge in [-0.3, -0.25) is 10.1 Å². The van der Waals surface area contributed by atoms with E-state index in [1.165, 1.54) is 0 Å². The van der Waals surface area contributed by atoms with Crippen LogP contribution in [0.1, 0.15) is 37.9 Å². The first-order chi connectivity index (χ1) is 9.67. The number of carbonyl (C=O) groups excluding carboxylic acids is 1. The molecule has 1 aliphatic rings. The van der Waals surface area contributed by atoms with Crippen LogP contribution in [-0.2, 0) is 16.6 Å². The van der Waals surface area contributed by atoms with Crippen molar-refractivity contribution in [2.45, 2.75) is 51.0 Å². The van der Waals surface area contributed by atoms with Crippen molar-refractivity contribution in [3.63, 3.8) is 0 Å². The number of carbonyl (C=O) groups is 1. The molecule has 1 aromatic rings. The van der Waals surface area contributed by atoms with E-state index >= 15 is 0 Å². The molecule has 0 spiro atoms. The minimum Gasteiger partial charge on any atom is -0.354 e. The average Bonchev–Trinajstić information content (AvgIpc) is 2.95. The zero-order chi connectivity index (χ0) is 15.7. The van der Waals surface area contributed by atoms with E-state index in [1.807, 2.05) is 5.38 Å². The van der Waals surface area contributed by atoms with Crippen molar-refractivity contribution in [2.24, 2.45) is 0 Å². The highest BCUT2D eigenvalue weighted by Crippen LogP contribution is 2.26. The SMILES string of the molecule is CC(C)(C)c1nc(CCNC(=O)C2CC(F)(F)CN2)cs1. The summed E-state index contributed by atoms with van der Waals surface area (Å²) in [6.07, 6.45) is 0.186. The second-order valence-electron chi connectivity index (χ2n) is 6.43. The Bertz CT molecular complexity index is 511. The maximum absolute atomic E-state index is 13.0. The Morgan fingerprint density at radius 3 is 2.81 bits per heavy atom. The van der Waals surface area contributed by atoms with Crippen molar-refractivity contribution < 1.29 is 13.6 Å². The molecule has 0 aliphatic carbocycles. The molecule has 4 nitrogen and oxygen atoms in total. The Morgan fingerprint density at radius 2 is 2.29 bits per heavy atom. The summed E-state index contributed by atoms with van der Waals surface area (Å²) in [5.41, 5.74) is 0.945. The van der Waals surface area contributed by atoms with Crippen molar-refractivity contribution in [1.29, 1.82) is 0 Å². The summed E-state index contributed by atoms with van der Waals surface area (Å²) < 4.78 is 26.0. The van der Waals surface area contributed by atoms with Crippen LogP contribution < -0.4 is 10.6 Å². The topological polar surface area (TPSA) is 54.0 Å². The summed E-state index contributed by atoms with van der Waals surface area (Å²) in [6, 6.07) is -0.791. The number of amides is 1. The highest BCUT2D eigenvalue weighted by atomic mass is 32.1. The van der Waals surface area contributed by atoms with Crippen molar-refractivity contribution >= 4 is 17.2 Å². The largest absolute Gasteiger partial charge is 0.354 e. The molecule has 1 aromatic heterocycles. The summed E-state index contributed by atoms with van der Waals surface area (Å²) in [6.45, 7) is 6.29. The second kappa shape index (κ2) is 5.96. The Hall–Kier alpha value is -1.08. The van der Waals surface area contributed by atoms with Gasteiger partial charge in [0.15, 0.2) is 0 Å². The molecule has 1 fully saturated rings. The van der Waals surface area contributed by atoms with Gasteiger partial charge in [0.05, 0.1) is 23.3 Å². The van der Waals surface area contributed by atoms with E-state index in [2.05, 4.69) is 36.4 Å². The van der Waals surface area contributed by atoms with Gasteiger partial charge in [-0.05, 0) is 0 Å². The van der Waals surface area contributed by atoms with E-state index in [0.29, 0.717) is 13.0 Å². The van der Waals surface area contributed by atoms with Crippen LogP contribution >= 0.6 is 11.3 Å². The summed E-state index contributed by atoms with van der Waals surface area (Å²) in [7, 11) is 0. The van der Waals surface area contributed by atoms with Gasteiger partial charge in [-0.2, -0.15) is 0 Å². The van der Waals surface area contributed by atoms with Crippen LogP contribution in [0.25, 0.3) is 0 Å². The molecule has 1 unspecified atom stereocenters. The smallest absolute Gasteiger partial charge is 0.262 e. The van der Waals surface area contributed by atoms with Gasteiger partial charge in [0.2, 0.25) is 5.91 Å². The van der Waals surface area contributed by atoms with Gasteiger partial charge in [-0.25, -0.2) is 13.8 Å². The van der Waals surface area contributed by atoms with Crippen molar-refractivity contribution in [3.8, 4) is 0 Å². The Morgan fingerprint density at radius 1 is 1.57 bits per heavy atom. The van der Waals surface area contributed by atoms with Crippen LogP contribution in [0.4, 0.5) is 8.78 Å². The molecular formula is C14H21F2N3OS. The van der Waals surface area contributed by atoms with Crippen LogP contribution in [0.15, 0.2) is 5.38 Å². The zero-order valence-corrected chi connectivity index (χ0v) is 13.3. The molecule has 118 valence electrons. The molecule has 1 saturated heterocycles. The van der Waals surface area contributed by atoms with Crippen LogP contribution in [0.5, 0.6) is 0 Å². The molecule has 7 heteroatoms. The minimum atomic E-state index is -2.78. The lowest BCUT2D eigenvalue weighted by atomic mass is 9.98. The van der Waals surface area contributed by atoms with E-state index in [-0.39, 0.29) is 11.3 Å². The highest BCUT2D eigenvalue weighted by molar-refractivity contribution is 7.09. The van der Waals surface area contributed by atoms with Crippen LogP contribution in [0.2, 0.25) is 0 Å². The Labute approximate surface area is 127 Å². The molecule has 21 heavy (non-hydrogen) atoms. The van der Waals surface area contributed by atoms with Crippen LogP contribution in [-0.4, -0.2) is 35.9 Å². The number of nitrogens with one attached hydrogen (secondary N) is 2. The van der Waals surface area contributed by atoms with Gasteiger partial charge in [0.25, 0.3) is 5.92 Å². The zero-order valence-electron chi connectivity index (χ0n) is 12.5. The second-order valence-corrected chi connectivity index (χ2v) is 7.29. The average molecular weight is 317 g/mol. The van der Waals surface area contributed by atoms with E-state index in [4.69, 9.17) is 0 Å². The number of rotatable bonds is 4. The highest BCUT2D eigenvalue weighted by Gasteiger charge is 2.42. The van der Waals surface area contributed by atoms with Crippen molar-refractivity contribution in [2.75, 3.05) is 13.1 Å². The Balaban J connectivity index is 1.77. The molecule has 1 amide bonds. The minimum absolute atomic E-state index is 0.0194. The van der Waals surface area contributed by atoms with Gasteiger partial charge < -0.3 is 5.32 Å². The standard InChI is InChI=1S/C14H21F2N3OS/c1-13(2,3)12-19-9(7-21-12)4-5-17-11(20)10-6-14(15,16)8-18-10/h7,10,18H,4-6,8H2,1-3H3,(H,17,20). The quantitative estimate of drug-likeness (QED) is 0.894. The maximum atomic E-state index is 13.0. The first-order valence-electron chi connectivity index (χ1n) is 7.01. The lowest BCUT2D eigenvalue weighted by molar-refractivity contribution is -0.123. The number of aromatic nitrogens is 1. The van der Waals surface area contributed by atoms with E-state index in [1.54, 1.807) is 11.3 Å². The Kier molecular flexibility index (Phi) is 4.63. The fourth-order valence-electron chi connectivity index (χ4n) is 2.10. The van der Waals surface area contributed by atoms with Crippen molar-refractivity contribution in [1.82, 2.24) is 15.6 Å². The molecule has 1 aliphatic heterocycles. The molecule has 0 radical (unpaired) electrons. The van der Waals surface area contributed by atoms with Crippen LogP contribution in [0, 0.1) is 0 Å². The third kappa shape index (κ3) is 4.44. The third-order valence-electron chi connectivity index (χ3n) is 3.30. The van der Waals surface area contributed by atoms with Gasteiger partial charge in [0.1, 0.15) is 0 Å². The molecule has 2 N–H and O–H groups in total. The fraction of sp³-hybridized carbons (Fsp3) is 0.714. The fourth-order valence-corrected chi connectivity index (χ4v) is 3.05. The predicted molar refractivity (Wildman–Crippen MR) is 78.9 cm³/mol. The number of nitrogens with zero attached hydrogens (tertiary/aromatic N) is 1. The van der Waals surface area contributed by atoms with E-state index in [9.17, 15) is 13.6 Å². The van der Waals surface area contributed by atoms with Gasteiger partial charge in [-0.15, -0.1) is 11.3 Å². The number of halogens is 2. The molecule has 2 rings (SSSR count). The number of hydrogen-bond acceptors (Lipinski definition) is 4. The number of hydrogen-bond donors (Lipinski definition) is 2. The summed E-state index contributed by atoms with van der Waals surface area (Å²) in [5.74, 6) is -3.14. The normalized spacial score (nSPS) is 21.5. The van der Waals surface area contributed by atoms with Gasteiger partial charge in [-0.1, -0.05) is 20.8 Å². The van der Waals surface area contributed by atoms with Gasteiger partial charge in [0, 0.05) is 30.2 Å². The number of thiazole rings is 1. The van der Waals surface area contributed by atoms with Crippen molar-refractivity contribution in [3.05, 3.63) is 16.1 Å². The molecular weight excluding hydrogens is 296 g/mol. The molecule has 0 bridgehead atoms. The van der Waals surface area contributed by atoms with E-state index in [0.717, 1.165) is 10.7 Å². The lowest BCUT2D eigenvalue weighted by Gasteiger charge is -2.13. The van der Waals surface area contributed by atoms with Crippen LogP contribution in [0.3, 0.4) is 0 Å². The first kappa shape index (κ1) is 16.3. The first-order valence-corrected chi connectivity index (χ1v) is 7.89. The maximum Gasteiger partial charge on any atom is 0.262 e. The monoisotopic (exact) mass is 317 g/mol. The summed E-state index contributed by atoms with van der Waals surface area (Å²) >= 11 is 1.61. The molecule has 0 saturated carbocycles. The predicted octanol–water partition coefficient (Wildman–Crippen LogP) is 2.10. The summed E-state index contributed by atoms with van der Waals surface area (Å²) in [5, 5.41) is 8.27. The third-order valence-corrected chi connectivity index (χ3v) is 4.62. The molecule has 0 aromatic carbocycles. The van der Waals surface area contributed by atoms with E-state index < -0.39 is 24.9 Å². The van der Waals surface area contributed by atoms with Gasteiger partial charge >= 0.3 is 0 Å². The number of alkyl halides is 2. The molecule has 2 heterocycles. The lowest BCUT2D eigenvalue weighted by Crippen LogP contribution is -2.41. The summed E-state index contributed by atoms with van der Waals surface area (Å²) in [4.78, 5) is 16.3.